The first-order valence-electron chi connectivity index (χ1n) is 6.12. The summed E-state index contributed by atoms with van der Waals surface area (Å²) in [5.74, 6) is 1.61. The molecule has 0 atom stereocenters. The van der Waals surface area contributed by atoms with Crippen LogP contribution in [0, 0.1) is 13.8 Å². The van der Waals surface area contributed by atoms with Gasteiger partial charge in [0.25, 0.3) is 0 Å². The molecule has 0 bridgehead atoms. The van der Waals surface area contributed by atoms with Crippen molar-refractivity contribution in [1.29, 1.82) is 0 Å². The normalized spacial score (nSPS) is 10.4. The summed E-state index contributed by atoms with van der Waals surface area (Å²) in [4.78, 5) is 10.0. The summed E-state index contributed by atoms with van der Waals surface area (Å²) in [6, 6.07) is 3.71. The van der Waals surface area contributed by atoms with Gasteiger partial charge in [-0.3, -0.25) is 0 Å². The summed E-state index contributed by atoms with van der Waals surface area (Å²) in [6.45, 7) is 3.85. The fourth-order valence-corrected chi connectivity index (χ4v) is 1.99. The van der Waals surface area contributed by atoms with Crippen LogP contribution in [0.3, 0.4) is 0 Å². The van der Waals surface area contributed by atoms with Crippen LogP contribution in [0.25, 0.3) is 0 Å². The van der Waals surface area contributed by atoms with Crippen LogP contribution in [-0.4, -0.2) is 24.1 Å². The topological polar surface area (TPSA) is 64.3 Å². The minimum absolute atomic E-state index is 0.338. The number of benzene rings is 1. The lowest BCUT2D eigenvalue weighted by Crippen LogP contribution is -2.14. The highest BCUT2D eigenvalue weighted by Gasteiger charge is 2.12. The molecular formula is C14H17ClN4O. The van der Waals surface area contributed by atoms with Crippen molar-refractivity contribution in [1.82, 2.24) is 9.97 Å². The van der Waals surface area contributed by atoms with Gasteiger partial charge in [0.05, 0.1) is 0 Å². The summed E-state index contributed by atoms with van der Waals surface area (Å²) in [5, 5.41) is 0.738. The zero-order valence-corrected chi connectivity index (χ0v) is 12.7. The Balaban J connectivity index is 2.38. The molecule has 0 aliphatic heterocycles. The SMILES string of the molecule is Cc1cc(Oc2ncnc(N(C)C)c2N)cc(C)c1Cl. The predicted octanol–water partition coefficient (Wildman–Crippen LogP) is 3.19. The van der Waals surface area contributed by atoms with Crippen LogP contribution in [0.15, 0.2) is 18.5 Å². The Morgan fingerprint density at radius 3 is 2.30 bits per heavy atom. The maximum Gasteiger partial charge on any atom is 0.248 e. The molecule has 1 heterocycles. The molecule has 0 aliphatic carbocycles. The van der Waals surface area contributed by atoms with Gasteiger partial charge in [-0.25, -0.2) is 4.98 Å². The number of aromatic nitrogens is 2. The lowest BCUT2D eigenvalue weighted by molar-refractivity contribution is 0.463. The molecule has 0 unspecified atom stereocenters. The van der Waals surface area contributed by atoms with Gasteiger partial charge in [-0.1, -0.05) is 11.6 Å². The van der Waals surface area contributed by atoms with Gasteiger partial charge in [0.15, 0.2) is 5.82 Å². The molecule has 5 nitrogen and oxygen atoms in total. The Hall–Kier alpha value is -2.01. The van der Waals surface area contributed by atoms with E-state index in [9.17, 15) is 0 Å². The highest BCUT2D eigenvalue weighted by Crippen LogP contribution is 2.33. The maximum absolute atomic E-state index is 6.14. The molecule has 0 saturated heterocycles. The first-order valence-corrected chi connectivity index (χ1v) is 6.50. The number of ether oxygens (including phenoxy) is 1. The van der Waals surface area contributed by atoms with Crippen molar-refractivity contribution in [2.45, 2.75) is 13.8 Å². The Kier molecular flexibility index (Phi) is 3.99. The van der Waals surface area contributed by atoms with Crippen molar-refractivity contribution < 1.29 is 4.74 Å². The van der Waals surface area contributed by atoms with Crippen molar-refractivity contribution in [2.24, 2.45) is 0 Å². The molecule has 0 fully saturated rings. The lowest BCUT2D eigenvalue weighted by Gasteiger charge is -2.16. The predicted molar refractivity (Wildman–Crippen MR) is 81.8 cm³/mol. The lowest BCUT2D eigenvalue weighted by atomic mass is 10.1. The quantitative estimate of drug-likeness (QED) is 0.941. The second-order valence-electron chi connectivity index (χ2n) is 4.78. The average molecular weight is 293 g/mol. The summed E-state index contributed by atoms with van der Waals surface area (Å²) in [6.07, 6.45) is 1.43. The highest BCUT2D eigenvalue weighted by molar-refractivity contribution is 6.32. The van der Waals surface area contributed by atoms with Crippen LogP contribution in [0.5, 0.6) is 11.6 Å². The molecule has 0 spiro atoms. The number of hydrogen-bond donors (Lipinski definition) is 1. The minimum atomic E-state index is 0.338. The molecule has 106 valence electrons. The number of rotatable bonds is 3. The number of nitrogen functional groups attached to an aromatic ring is 1. The van der Waals surface area contributed by atoms with E-state index >= 15 is 0 Å². The molecule has 20 heavy (non-hydrogen) atoms. The fourth-order valence-electron chi connectivity index (χ4n) is 1.89. The largest absolute Gasteiger partial charge is 0.437 e. The van der Waals surface area contributed by atoms with Crippen molar-refractivity contribution in [3.8, 4) is 11.6 Å². The number of hydrogen-bond acceptors (Lipinski definition) is 5. The van der Waals surface area contributed by atoms with Crippen molar-refractivity contribution >= 4 is 23.1 Å². The third-order valence-corrected chi connectivity index (χ3v) is 3.47. The van der Waals surface area contributed by atoms with E-state index in [-0.39, 0.29) is 0 Å². The molecule has 0 aliphatic rings. The second kappa shape index (κ2) is 5.54. The molecule has 6 heteroatoms. The van der Waals surface area contributed by atoms with Crippen LogP contribution >= 0.6 is 11.6 Å². The molecule has 0 amide bonds. The van der Waals surface area contributed by atoms with Gasteiger partial charge in [-0.2, -0.15) is 4.98 Å². The van der Waals surface area contributed by atoms with Crippen LogP contribution in [0.2, 0.25) is 5.02 Å². The van der Waals surface area contributed by atoms with Crippen molar-refractivity contribution in [3.05, 3.63) is 34.6 Å². The minimum Gasteiger partial charge on any atom is -0.437 e. The fraction of sp³-hybridized carbons (Fsp3) is 0.286. The molecular weight excluding hydrogens is 276 g/mol. The van der Waals surface area contributed by atoms with E-state index in [2.05, 4.69) is 9.97 Å². The van der Waals surface area contributed by atoms with Gasteiger partial charge in [-0.15, -0.1) is 0 Å². The maximum atomic E-state index is 6.14. The first kappa shape index (κ1) is 14.4. The van der Waals surface area contributed by atoms with E-state index in [1.165, 1.54) is 6.33 Å². The summed E-state index contributed by atoms with van der Waals surface area (Å²) in [5.41, 5.74) is 8.32. The summed E-state index contributed by atoms with van der Waals surface area (Å²) in [7, 11) is 3.72. The zero-order chi connectivity index (χ0) is 14.9. The number of anilines is 2. The number of nitrogens with zero attached hydrogens (tertiary/aromatic N) is 3. The van der Waals surface area contributed by atoms with E-state index < -0.39 is 0 Å². The number of aryl methyl sites for hydroxylation is 2. The molecule has 0 radical (unpaired) electrons. The third-order valence-electron chi connectivity index (χ3n) is 2.87. The molecule has 1 aromatic carbocycles. The Morgan fingerprint density at radius 1 is 1.15 bits per heavy atom. The van der Waals surface area contributed by atoms with Gasteiger partial charge in [-0.05, 0) is 37.1 Å². The number of nitrogens with two attached hydrogens (primary N) is 1. The van der Waals surface area contributed by atoms with Gasteiger partial charge in [0.2, 0.25) is 5.88 Å². The van der Waals surface area contributed by atoms with E-state index in [0.29, 0.717) is 23.1 Å². The van der Waals surface area contributed by atoms with Crippen molar-refractivity contribution in [3.63, 3.8) is 0 Å². The van der Waals surface area contributed by atoms with E-state index in [0.717, 1.165) is 16.1 Å². The van der Waals surface area contributed by atoms with E-state index in [1.54, 1.807) is 0 Å². The molecule has 0 saturated carbocycles. The monoisotopic (exact) mass is 292 g/mol. The summed E-state index contributed by atoms with van der Waals surface area (Å²) < 4.78 is 5.76. The Morgan fingerprint density at radius 2 is 1.75 bits per heavy atom. The molecule has 2 rings (SSSR count). The van der Waals surface area contributed by atoms with Crippen LogP contribution in [-0.2, 0) is 0 Å². The standard InChI is InChI=1S/C14H17ClN4O/c1-8-5-10(6-9(2)11(8)15)20-14-12(16)13(19(3)4)17-7-18-14/h5-7H,16H2,1-4H3. The van der Waals surface area contributed by atoms with Gasteiger partial charge >= 0.3 is 0 Å². The Bertz CT molecular complexity index is 620. The second-order valence-corrected chi connectivity index (χ2v) is 5.16. The Labute approximate surface area is 123 Å². The van der Waals surface area contributed by atoms with Crippen molar-refractivity contribution in [2.75, 3.05) is 24.7 Å². The average Bonchev–Trinajstić information content (AvgIpc) is 2.38. The summed E-state index contributed by atoms with van der Waals surface area (Å²) >= 11 is 6.14. The number of halogens is 1. The van der Waals surface area contributed by atoms with E-state index in [1.807, 2.05) is 45.0 Å². The molecule has 1 aromatic heterocycles. The van der Waals surface area contributed by atoms with E-state index in [4.69, 9.17) is 22.1 Å². The third kappa shape index (κ3) is 2.77. The molecule has 2 N–H and O–H groups in total. The molecule has 2 aromatic rings. The zero-order valence-electron chi connectivity index (χ0n) is 11.9. The van der Waals surface area contributed by atoms with Crippen LogP contribution < -0.4 is 15.4 Å². The van der Waals surface area contributed by atoms with Gasteiger partial charge < -0.3 is 15.4 Å². The van der Waals surface area contributed by atoms with Crippen LogP contribution in [0.4, 0.5) is 11.5 Å². The smallest absolute Gasteiger partial charge is 0.248 e. The van der Waals surface area contributed by atoms with Gasteiger partial charge in [0.1, 0.15) is 17.8 Å². The highest BCUT2D eigenvalue weighted by atomic mass is 35.5. The first-order chi connectivity index (χ1) is 9.40. The van der Waals surface area contributed by atoms with Crippen LogP contribution in [0.1, 0.15) is 11.1 Å². The van der Waals surface area contributed by atoms with Gasteiger partial charge in [0, 0.05) is 19.1 Å².